The average molecular weight is 426 g/mol. The number of guanidine groups is 1. The number of aromatic nitrogens is 1. The fourth-order valence-electron chi connectivity index (χ4n) is 4.06. The van der Waals surface area contributed by atoms with Crippen LogP contribution in [0.15, 0.2) is 29.4 Å². The molecule has 2 aliphatic carbocycles. The van der Waals surface area contributed by atoms with Gasteiger partial charge in [0.25, 0.3) is 0 Å². The van der Waals surface area contributed by atoms with E-state index in [0.29, 0.717) is 0 Å². The van der Waals surface area contributed by atoms with Crippen LogP contribution in [-0.2, 0) is 5.41 Å². The summed E-state index contributed by atoms with van der Waals surface area (Å²) in [7, 11) is 0. The largest absolute Gasteiger partial charge is 0.370 e. The molecule has 4 rings (SSSR count). The standard InChI is InChI=1S/C18H26N4.HI/c19-17(22-11-7-15(12-22)14-5-6-14)21-13-18(8-3-9-18)16-4-1-2-10-20-16;/h1-2,4,10,14-15H,3,5-9,11-13H2,(H2,19,21);1H. The van der Waals surface area contributed by atoms with E-state index < -0.39 is 0 Å². The van der Waals surface area contributed by atoms with Crippen LogP contribution >= 0.6 is 24.0 Å². The predicted molar refractivity (Wildman–Crippen MR) is 104 cm³/mol. The first-order valence-corrected chi connectivity index (χ1v) is 8.73. The molecule has 3 aliphatic rings. The van der Waals surface area contributed by atoms with Crippen molar-refractivity contribution in [3.63, 3.8) is 0 Å². The van der Waals surface area contributed by atoms with Gasteiger partial charge in [-0.15, -0.1) is 24.0 Å². The number of likely N-dealkylation sites (tertiary alicyclic amines) is 1. The van der Waals surface area contributed by atoms with E-state index in [1.807, 2.05) is 12.3 Å². The fourth-order valence-corrected chi connectivity index (χ4v) is 4.06. The zero-order valence-corrected chi connectivity index (χ0v) is 16.0. The Balaban J connectivity index is 0.00000156. The summed E-state index contributed by atoms with van der Waals surface area (Å²) in [6.45, 7) is 3.00. The van der Waals surface area contributed by atoms with Gasteiger partial charge in [0.15, 0.2) is 5.96 Å². The Labute approximate surface area is 156 Å². The first kappa shape index (κ1) is 17.0. The van der Waals surface area contributed by atoms with Gasteiger partial charge in [0.05, 0.1) is 6.54 Å². The average Bonchev–Trinajstić information content (AvgIpc) is 3.24. The maximum absolute atomic E-state index is 6.28. The van der Waals surface area contributed by atoms with Crippen molar-refractivity contribution in [1.29, 1.82) is 0 Å². The molecule has 1 unspecified atom stereocenters. The summed E-state index contributed by atoms with van der Waals surface area (Å²) < 4.78 is 0. The molecule has 0 aromatic carbocycles. The molecule has 0 bridgehead atoms. The van der Waals surface area contributed by atoms with Gasteiger partial charge in [0.1, 0.15) is 0 Å². The topological polar surface area (TPSA) is 54.5 Å². The van der Waals surface area contributed by atoms with Gasteiger partial charge < -0.3 is 10.6 Å². The molecule has 126 valence electrons. The molecule has 1 saturated heterocycles. The van der Waals surface area contributed by atoms with Crippen molar-refractivity contribution < 1.29 is 0 Å². The first-order chi connectivity index (χ1) is 10.8. The number of nitrogens with zero attached hydrogens (tertiary/aromatic N) is 3. The molecule has 0 radical (unpaired) electrons. The second-order valence-corrected chi connectivity index (χ2v) is 7.36. The zero-order valence-electron chi connectivity index (χ0n) is 13.7. The Hall–Kier alpha value is -0.850. The second kappa shape index (κ2) is 6.95. The minimum Gasteiger partial charge on any atom is -0.370 e. The Kier molecular flexibility index (Phi) is 5.13. The minimum atomic E-state index is 0. The van der Waals surface area contributed by atoms with Crippen molar-refractivity contribution in [3.8, 4) is 0 Å². The predicted octanol–water partition coefficient (Wildman–Crippen LogP) is 3.17. The van der Waals surface area contributed by atoms with E-state index in [2.05, 4.69) is 22.0 Å². The van der Waals surface area contributed by atoms with E-state index in [1.165, 1.54) is 44.2 Å². The van der Waals surface area contributed by atoms with Crippen molar-refractivity contribution in [2.75, 3.05) is 19.6 Å². The van der Waals surface area contributed by atoms with Gasteiger partial charge in [-0.2, -0.15) is 0 Å². The smallest absolute Gasteiger partial charge is 0.191 e. The minimum absolute atomic E-state index is 0. The Morgan fingerprint density at radius 2 is 2.09 bits per heavy atom. The highest BCUT2D eigenvalue weighted by molar-refractivity contribution is 14.0. The second-order valence-electron chi connectivity index (χ2n) is 7.36. The number of rotatable bonds is 4. The van der Waals surface area contributed by atoms with Crippen molar-refractivity contribution in [1.82, 2.24) is 9.88 Å². The van der Waals surface area contributed by atoms with Gasteiger partial charge in [-0.05, 0) is 56.1 Å². The summed E-state index contributed by atoms with van der Waals surface area (Å²) in [5, 5.41) is 0. The van der Waals surface area contributed by atoms with Crippen LogP contribution in [0.5, 0.6) is 0 Å². The summed E-state index contributed by atoms with van der Waals surface area (Å²) in [6.07, 6.45) is 9.70. The van der Waals surface area contributed by atoms with Gasteiger partial charge in [-0.3, -0.25) is 9.98 Å². The third-order valence-electron chi connectivity index (χ3n) is 5.90. The normalized spacial score (nSPS) is 26.5. The molecular formula is C18H27IN4. The maximum atomic E-state index is 6.28. The molecule has 0 spiro atoms. The molecule has 1 atom stereocenters. The maximum Gasteiger partial charge on any atom is 0.191 e. The Bertz CT molecular complexity index is 551. The highest BCUT2D eigenvalue weighted by Crippen LogP contribution is 2.43. The Morgan fingerprint density at radius 3 is 2.70 bits per heavy atom. The number of pyridine rings is 1. The van der Waals surface area contributed by atoms with Crippen LogP contribution < -0.4 is 5.73 Å². The van der Waals surface area contributed by atoms with Gasteiger partial charge in [0.2, 0.25) is 0 Å². The molecule has 23 heavy (non-hydrogen) atoms. The van der Waals surface area contributed by atoms with Crippen LogP contribution in [0.1, 0.15) is 44.2 Å². The lowest BCUT2D eigenvalue weighted by molar-refractivity contribution is 0.245. The highest BCUT2D eigenvalue weighted by atomic mass is 127. The summed E-state index contributed by atoms with van der Waals surface area (Å²) in [5.74, 6) is 2.59. The van der Waals surface area contributed by atoms with Gasteiger partial charge in [0, 0.05) is 30.4 Å². The van der Waals surface area contributed by atoms with Crippen LogP contribution in [0.3, 0.4) is 0 Å². The SMILES string of the molecule is I.NC(=NCC1(c2ccccn2)CCC1)N1CCC(C2CC2)C1. The molecule has 2 saturated carbocycles. The first-order valence-electron chi connectivity index (χ1n) is 8.73. The molecule has 1 aromatic heterocycles. The van der Waals surface area contributed by atoms with Crippen molar-refractivity contribution in [3.05, 3.63) is 30.1 Å². The molecule has 2 N–H and O–H groups in total. The molecule has 3 fully saturated rings. The molecule has 4 nitrogen and oxygen atoms in total. The summed E-state index contributed by atoms with van der Waals surface area (Å²) in [5.41, 5.74) is 7.61. The highest BCUT2D eigenvalue weighted by Gasteiger charge is 2.40. The number of halogens is 1. The zero-order chi connectivity index (χ0) is 15.0. The number of hydrogen-bond donors (Lipinski definition) is 1. The summed E-state index contributed by atoms with van der Waals surface area (Å²) in [4.78, 5) is 11.6. The van der Waals surface area contributed by atoms with Crippen LogP contribution in [0.2, 0.25) is 0 Å². The van der Waals surface area contributed by atoms with Crippen molar-refractivity contribution in [2.45, 2.75) is 43.9 Å². The lowest BCUT2D eigenvalue weighted by Gasteiger charge is -2.40. The fraction of sp³-hybridized carbons (Fsp3) is 0.667. The third-order valence-corrected chi connectivity index (χ3v) is 5.90. The Morgan fingerprint density at radius 1 is 1.26 bits per heavy atom. The van der Waals surface area contributed by atoms with Gasteiger partial charge >= 0.3 is 0 Å². The van der Waals surface area contributed by atoms with E-state index in [1.54, 1.807) is 0 Å². The summed E-state index contributed by atoms with van der Waals surface area (Å²) in [6, 6.07) is 6.20. The van der Waals surface area contributed by atoms with E-state index in [9.17, 15) is 0 Å². The molecule has 0 amide bonds. The van der Waals surface area contributed by atoms with E-state index in [0.717, 1.165) is 37.4 Å². The van der Waals surface area contributed by atoms with E-state index in [4.69, 9.17) is 10.7 Å². The lowest BCUT2D eigenvalue weighted by Crippen LogP contribution is -2.41. The molecule has 5 heteroatoms. The molecular weight excluding hydrogens is 399 g/mol. The molecule has 1 aliphatic heterocycles. The van der Waals surface area contributed by atoms with Gasteiger partial charge in [-0.1, -0.05) is 12.5 Å². The van der Waals surface area contributed by atoms with Crippen LogP contribution in [0, 0.1) is 11.8 Å². The molecule has 1 aromatic rings. The van der Waals surface area contributed by atoms with E-state index in [-0.39, 0.29) is 29.4 Å². The van der Waals surface area contributed by atoms with Gasteiger partial charge in [-0.25, -0.2) is 0 Å². The number of nitrogens with two attached hydrogens (primary N) is 1. The van der Waals surface area contributed by atoms with E-state index >= 15 is 0 Å². The van der Waals surface area contributed by atoms with Crippen molar-refractivity contribution in [2.24, 2.45) is 22.6 Å². The van der Waals surface area contributed by atoms with Crippen LogP contribution in [0.4, 0.5) is 0 Å². The summed E-state index contributed by atoms with van der Waals surface area (Å²) >= 11 is 0. The third kappa shape index (κ3) is 3.49. The quantitative estimate of drug-likeness (QED) is 0.457. The number of aliphatic imine (C=N–C) groups is 1. The van der Waals surface area contributed by atoms with Crippen LogP contribution in [0.25, 0.3) is 0 Å². The molecule has 2 heterocycles. The number of hydrogen-bond acceptors (Lipinski definition) is 2. The lowest BCUT2D eigenvalue weighted by atomic mass is 9.66. The van der Waals surface area contributed by atoms with Crippen molar-refractivity contribution >= 4 is 29.9 Å². The monoisotopic (exact) mass is 426 g/mol. The van der Waals surface area contributed by atoms with Crippen LogP contribution in [-0.4, -0.2) is 35.5 Å².